The summed E-state index contributed by atoms with van der Waals surface area (Å²) in [5.41, 5.74) is 5.46. The van der Waals surface area contributed by atoms with E-state index in [4.69, 9.17) is 5.73 Å². The van der Waals surface area contributed by atoms with E-state index in [-0.39, 0.29) is 36.5 Å². The van der Waals surface area contributed by atoms with E-state index in [0.29, 0.717) is 11.8 Å². The van der Waals surface area contributed by atoms with E-state index >= 15 is 0 Å². The zero-order chi connectivity index (χ0) is 28.1. The van der Waals surface area contributed by atoms with Gasteiger partial charge in [0.05, 0.1) is 18.2 Å². The van der Waals surface area contributed by atoms with Gasteiger partial charge in [-0.2, -0.15) is 13.2 Å². The van der Waals surface area contributed by atoms with E-state index < -0.39 is 54.3 Å². The van der Waals surface area contributed by atoms with Crippen molar-refractivity contribution in [1.82, 2.24) is 10.2 Å². The molecule has 0 aromatic heterocycles. The molecule has 1 fully saturated rings. The number of amides is 1. The number of carbonyl (C=O) groups excluding carboxylic acids is 1. The Hall–Kier alpha value is -3.57. The molecule has 2 heterocycles. The number of piperidine rings is 1. The second-order valence-electron chi connectivity index (χ2n) is 9.22. The van der Waals surface area contributed by atoms with Crippen LogP contribution in [0.4, 0.5) is 26.3 Å². The molecule has 1 amide bonds. The molecule has 0 radical (unpaired) electrons. The maximum Gasteiger partial charge on any atom is 0.417 e. The van der Waals surface area contributed by atoms with Gasteiger partial charge in [-0.15, -0.1) is 0 Å². The van der Waals surface area contributed by atoms with Crippen LogP contribution in [0.25, 0.3) is 5.57 Å². The van der Waals surface area contributed by atoms with E-state index in [1.807, 2.05) is 0 Å². The number of alkyl halides is 5. The van der Waals surface area contributed by atoms with Crippen LogP contribution in [-0.2, 0) is 4.79 Å². The molecule has 38 heavy (non-hydrogen) atoms. The number of hydrogen-bond acceptors (Lipinski definition) is 5. The summed E-state index contributed by atoms with van der Waals surface area (Å²) < 4.78 is 81.9. The number of hydrogen-bond donors (Lipinski definition) is 2. The summed E-state index contributed by atoms with van der Waals surface area (Å²) in [7, 11) is 1.44. The number of nitrogens with two attached hydrogens (primary N) is 1. The fraction of sp³-hybridized carbons (Fsp3) is 0.423. The van der Waals surface area contributed by atoms with Gasteiger partial charge in [0.25, 0.3) is 11.8 Å². The van der Waals surface area contributed by atoms with Crippen LogP contribution in [-0.4, -0.2) is 61.5 Å². The van der Waals surface area contributed by atoms with Crippen LogP contribution in [0.3, 0.4) is 0 Å². The van der Waals surface area contributed by atoms with Gasteiger partial charge < -0.3 is 16.0 Å². The Morgan fingerprint density at radius 1 is 1.24 bits per heavy atom. The molecule has 1 aromatic rings. The Morgan fingerprint density at radius 2 is 1.89 bits per heavy atom. The van der Waals surface area contributed by atoms with Crippen molar-refractivity contribution >= 4 is 23.9 Å². The zero-order valence-electron chi connectivity index (χ0n) is 20.9. The van der Waals surface area contributed by atoms with Crippen molar-refractivity contribution in [2.75, 3.05) is 20.1 Å². The minimum atomic E-state index is -4.55. The number of carbonyl (C=O) groups is 1. The first-order valence-electron chi connectivity index (χ1n) is 11.9. The Kier molecular flexibility index (Phi) is 9.05. The highest BCUT2D eigenvalue weighted by Crippen LogP contribution is 2.35. The second kappa shape index (κ2) is 11.9. The van der Waals surface area contributed by atoms with Crippen molar-refractivity contribution in [1.29, 1.82) is 0 Å². The van der Waals surface area contributed by atoms with Gasteiger partial charge >= 0.3 is 6.18 Å². The van der Waals surface area contributed by atoms with Crippen LogP contribution >= 0.6 is 0 Å². The Morgan fingerprint density at radius 3 is 2.53 bits per heavy atom. The van der Waals surface area contributed by atoms with Gasteiger partial charge in [-0.1, -0.05) is 25.1 Å². The topological polar surface area (TPSA) is 83.1 Å². The lowest BCUT2D eigenvalue weighted by Crippen LogP contribution is -2.59. The summed E-state index contributed by atoms with van der Waals surface area (Å²) in [6.45, 7) is 0.624. The van der Waals surface area contributed by atoms with Gasteiger partial charge in [-0.05, 0) is 42.5 Å². The average Bonchev–Trinajstić information content (AvgIpc) is 2.81. The molecule has 2 unspecified atom stereocenters. The Balaban J connectivity index is 1.89. The minimum absolute atomic E-state index is 0.0434. The number of halogens is 6. The molecule has 3 rings (SSSR count). The molecule has 206 valence electrons. The number of rotatable bonds is 6. The largest absolute Gasteiger partial charge is 0.417 e. The van der Waals surface area contributed by atoms with E-state index in [0.717, 1.165) is 11.0 Å². The molecule has 0 saturated carbocycles. The average molecular weight is 542 g/mol. The van der Waals surface area contributed by atoms with Crippen LogP contribution < -0.4 is 11.1 Å². The van der Waals surface area contributed by atoms with Crippen molar-refractivity contribution in [3.05, 3.63) is 64.9 Å². The second-order valence-corrected chi connectivity index (χ2v) is 9.22. The lowest BCUT2D eigenvalue weighted by Gasteiger charge is -2.43. The van der Waals surface area contributed by atoms with E-state index in [1.54, 1.807) is 13.0 Å². The fourth-order valence-corrected chi connectivity index (χ4v) is 4.43. The minimum Gasteiger partial charge on any atom is -0.394 e. The maximum absolute atomic E-state index is 14.6. The molecule has 3 N–H and O–H groups in total. The van der Waals surface area contributed by atoms with Gasteiger partial charge in [0, 0.05) is 38.0 Å². The highest BCUT2D eigenvalue weighted by Gasteiger charge is 2.46. The Labute approximate surface area is 216 Å². The van der Waals surface area contributed by atoms with Crippen molar-refractivity contribution in [3.8, 4) is 0 Å². The third-order valence-electron chi connectivity index (χ3n) is 6.31. The lowest BCUT2D eigenvalue weighted by molar-refractivity contribution is -0.148. The molecule has 2 atom stereocenters. The van der Waals surface area contributed by atoms with E-state index in [1.165, 1.54) is 37.5 Å². The van der Waals surface area contributed by atoms with Gasteiger partial charge in [-0.25, -0.2) is 18.2 Å². The molecule has 2 aliphatic rings. The van der Waals surface area contributed by atoms with Crippen LogP contribution in [0, 0.1) is 11.7 Å². The smallest absolute Gasteiger partial charge is 0.394 e. The van der Waals surface area contributed by atoms with Crippen molar-refractivity contribution in [3.63, 3.8) is 0 Å². The van der Waals surface area contributed by atoms with Crippen molar-refractivity contribution in [2.24, 2.45) is 21.6 Å². The molecule has 1 aromatic carbocycles. The maximum atomic E-state index is 14.6. The number of nitrogens with zero attached hydrogens (tertiary/aromatic N) is 3. The van der Waals surface area contributed by atoms with Crippen molar-refractivity contribution < 1.29 is 31.1 Å². The van der Waals surface area contributed by atoms with Gasteiger partial charge in [0.2, 0.25) is 0 Å². The van der Waals surface area contributed by atoms with Crippen LogP contribution in [0.5, 0.6) is 0 Å². The molecular formula is C26H29F6N5O. The summed E-state index contributed by atoms with van der Waals surface area (Å²) in [5.74, 6) is -5.08. The third-order valence-corrected chi connectivity index (χ3v) is 6.31. The monoisotopic (exact) mass is 541 g/mol. The van der Waals surface area contributed by atoms with Crippen LogP contribution in [0.1, 0.15) is 31.7 Å². The standard InChI is InChI=1S/C26H29F6N5O/c1-16-11-25(28,29)15-37(24(38)23(33)20(13-34-2)17-7-9-19(27)10-8-17)21(16)14-36-22-6-4-3-5-18(12-35-22)26(30,31)32/h5-10,12-13,16,21,36H,3-4,11,14-15,33H2,1-2H3/b18-5-,22-6?,23-20?,34-13?,35-12?. The van der Waals surface area contributed by atoms with Crippen LogP contribution in [0.15, 0.2) is 63.5 Å². The summed E-state index contributed by atoms with van der Waals surface area (Å²) in [4.78, 5) is 22.2. The third kappa shape index (κ3) is 7.26. The highest BCUT2D eigenvalue weighted by molar-refractivity contribution is 6.18. The molecule has 1 saturated heterocycles. The SMILES string of the molecule is CN=CC(=C(N)C(=O)N1CC(F)(F)CC(C)C1CNC1=CCC/C=C(\C(F)(F)F)C=N1)c1ccc(F)cc1. The Bertz CT molecular complexity index is 1170. The van der Waals surface area contributed by atoms with E-state index in [9.17, 15) is 31.1 Å². The first-order valence-corrected chi connectivity index (χ1v) is 11.9. The number of likely N-dealkylation sites (tertiary alicyclic amines) is 1. The summed E-state index contributed by atoms with van der Waals surface area (Å²) >= 11 is 0. The summed E-state index contributed by atoms with van der Waals surface area (Å²) in [6.07, 6.45) is 0.0489. The lowest BCUT2D eigenvalue weighted by atomic mass is 9.88. The quantitative estimate of drug-likeness (QED) is 0.307. The molecule has 12 heteroatoms. The van der Waals surface area contributed by atoms with Crippen LogP contribution in [0.2, 0.25) is 0 Å². The predicted molar refractivity (Wildman–Crippen MR) is 134 cm³/mol. The molecule has 6 nitrogen and oxygen atoms in total. The molecule has 0 spiro atoms. The first-order chi connectivity index (χ1) is 17.8. The summed E-state index contributed by atoms with van der Waals surface area (Å²) in [6, 6.07) is 4.35. The first kappa shape index (κ1) is 29.0. The zero-order valence-corrected chi connectivity index (χ0v) is 20.9. The molecule has 0 bridgehead atoms. The normalized spacial score (nSPS) is 24.2. The highest BCUT2D eigenvalue weighted by atomic mass is 19.4. The number of nitrogens with one attached hydrogen (secondary N) is 1. The predicted octanol–water partition coefficient (Wildman–Crippen LogP) is 4.85. The molecular weight excluding hydrogens is 512 g/mol. The van der Waals surface area contributed by atoms with Gasteiger partial charge in [0.1, 0.15) is 17.3 Å². The number of allylic oxidation sites excluding steroid dienone is 4. The van der Waals surface area contributed by atoms with Crippen molar-refractivity contribution in [2.45, 2.75) is 44.3 Å². The number of benzene rings is 1. The summed E-state index contributed by atoms with van der Waals surface area (Å²) in [5, 5.41) is 2.91. The molecule has 0 aliphatic carbocycles. The molecule has 2 aliphatic heterocycles. The van der Waals surface area contributed by atoms with E-state index in [2.05, 4.69) is 15.3 Å². The van der Waals surface area contributed by atoms with Gasteiger partial charge in [-0.3, -0.25) is 9.79 Å². The fourth-order valence-electron chi connectivity index (χ4n) is 4.43. The van der Waals surface area contributed by atoms with Gasteiger partial charge in [0.15, 0.2) is 0 Å². The number of aliphatic imine (C=N–C) groups is 2.